The maximum absolute atomic E-state index is 12.0. The van der Waals surface area contributed by atoms with Gasteiger partial charge < -0.3 is 9.52 Å². The van der Waals surface area contributed by atoms with Crippen molar-refractivity contribution in [3.63, 3.8) is 0 Å². The number of para-hydroxylation sites is 1. The summed E-state index contributed by atoms with van der Waals surface area (Å²) in [6.45, 7) is 0. The van der Waals surface area contributed by atoms with Crippen molar-refractivity contribution in [1.82, 2.24) is 0 Å². The molecule has 0 radical (unpaired) electrons. The molecule has 100 valence electrons. The first-order valence-electron chi connectivity index (χ1n) is 5.83. The van der Waals surface area contributed by atoms with Crippen molar-refractivity contribution in [2.24, 2.45) is 0 Å². The van der Waals surface area contributed by atoms with Crippen LogP contribution in [0, 0.1) is 0 Å². The van der Waals surface area contributed by atoms with E-state index in [1.807, 2.05) is 24.3 Å². The van der Waals surface area contributed by atoms with Gasteiger partial charge in [-0.25, -0.2) is 4.79 Å². The van der Waals surface area contributed by atoms with Crippen molar-refractivity contribution in [3.05, 3.63) is 63.4 Å². The van der Waals surface area contributed by atoms with E-state index < -0.39 is 5.63 Å². The van der Waals surface area contributed by atoms with Crippen LogP contribution in [0.3, 0.4) is 0 Å². The Morgan fingerprint density at radius 3 is 2.70 bits per heavy atom. The van der Waals surface area contributed by atoms with E-state index in [1.165, 1.54) is 11.8 Å². The lowest BCUT2D eigenvalue weighted by Crippen LogP contribution is -2.02. The Hall–Kier alpha value is -1.72. The summed E-state index contributed by atoms with van der Waals surface area (Å²) >= 11 is 4.56. The molecule has 5 heteroatoms. The Kier molecular flexibility index (Phi) is 3.54. The maximum Gasteiger partial charge on any atom is 0.354 e. The predicted molar refractivity (Wildman–Crippen MR) is 82.4 cm³/mol. The molecule has 0 fully saturated rings. The Morgan fingerprint density at radius 2 is 1.90 bits per heavy atom. The first-order chi connectivity index (χ1) is 9.65. The Balaban J connectivity index is 2.14. The lowest BCUT2D eigenvalue weighted by Gasteiger charge is -2.06. The van der Waals surface area contributed by atoms with E-state index >= 15 is 0 Å². The zero-order valence-corrected chi connectivity index (χ0v) is 12.6. The third-order valence-electron chi connectivity index (χ3n) is 2.76. The second-order valence-electron chi connectivity index (χ2n) is 4.12. The number of aromatic hydroxyl groups is 1. The number of hydrogen-bond acceptors (Lipinski definition) is 4. The van der Waals surface area contributed by atoms with Gasteiger partial charge in [0.1, 0.15) is 16.2 Å². The molecule has 0 saturated carbocycles. The van der Waals surface area contributed by atoms with Crippen LogP contribution in [0.4, 0.5) is 0 Å². The highest BCUT2D eigenvalue weighted by molar-refractivity contribution is 9.10. The predicted octanol–water partition coefficient (Wildman–Crippen LogP) is 4.41. The van der Waals surface area contributed by atoms with E-state index in [4.69, 9.17) is 4.42 Å². The molecule has 1 aromatic heterocycles. The van der Waals surface area contributed by atoms with E-state index in [1.54, 1.807) is 24.3 Å². The average Bonchev–Trinajstić information content (AvgIpc) is 2.43. The van der Waals surface area contributed by atoms with Crippen molar-refractivity contribution in [3.8, 4) is 5.75 Å². The molecule has 0 saturated heterocycles. The number of halogens is 1. The van der Waals surface area contributed by atoms with Crippen LogP contribution in [0.1, 0.15) is 0 Å². The number of hydrogen-bond donors (Lipinski definition) is 1. The maximum atomic E-state index is 12.0. The molecular weight excluding hydrogens is 340 g/mol. The first kappa shape index (κ1) is 13.3. The van der Waals surface area contributed by atoms with Gasteiger partial charge in [0.15, 0.2) is 0 Å². The highest BCUT2D eigenvalue weighted by Gasteiger charge is 2.14. The number of rotatable bonds is 2. The fraction of sp³-hybridized carbons (Fsp3) is 0. The molecule has 0 aliphatic carbocycles. The van der Waals surface area contributed by atoms with Gasteiger partial charge in [0.25, 0.3) is 0 Å². The quantitative estimate of drug-likeness (QED) is 0.696. The minimum Gasteiger partial charge on any atom is -0.506 e. The van der Waals surface area contributed by atoms with Crippen LogP contribution >= 0.6 is 27.7 Å². The molecule has 1 heterocycles. The molecule has 1 N–H and O–H groups in total. The molecule has 0 unspecified atom stereocenters. The molecule has 0 atom stereocenters. The standard InChI is InChI=1S/C15H9BrO3S/c16-9-4-3-5-10(8-9)20-14-13(17)11-6-1-2-7-12(11)19-15(14)18/h1-8,17H. The van der Waals surface area contributed by atoms with Crippen LogP contribution in [-0.4, -0.2) is 5.11 Å². The van der Waals surface area contributed by atoms with E-state index in [2.05, 4.69) is 15.9 Å². The lowest BCUT2D eigenvalue weighted by molar-refractivity contribution is 0.447. The molecule has 3 aromatic rings. The van der Waals surface area contributed by atoms with Crippen molar-refractivity contribution in [2.45, 2.75) is 9.79 Å². The molecule has 0 amide bonds. The van der Waals surface area contributed by atoms with E-state index in [0.717, 1.165) is 9.37 Å². The third-order valence-corrected chi connectivity index (χ3v) is 4.31. The topological polar surface area (TPSA) is 50.4 Å². The molecule has 20 heavy (non-hydrogen) atoms. The highest BCUT2D eigenvalue weighted by atomic mass is 79.9. The Bertz CT molecular complexity index is 842. The van der Waals surface area contributed by atoms with E-state index in [0.29, 0.717) is 11.0 Å². The fourth-order valence-electron chi connectivity index (χ4n) is 1.85. The number of benzene rings is 2. The van der Waals surface area contributed by atoms with Crippen LogP contribution in [0.15, 0.2) is 72.0 Å². The number of fused-ring (bicyclic) bond motifs is 1. The monoisotopic (exact) mass is 348 g/mol. The summed E-state index contributed by atoms with van der Waals surface area (Å²) in [6.07, 6.45) is 0. The Morgan fingerprint density at radius 1 is 1.10 bits per heavy atom. The van der Waals surface area contributed by atoms with Gasteiger partial charge in [-0.2, -0.15) is 0 Å². The van der Waals surface area contributed by atoms with E-state index in [-0.39, 0.29) is 10.6 Å². The molecule has 0 bridgehead atoms. The van der Waals surface area contributed by atoms with Crippen LogP contribution in [-0.2, 0) is 0 Å². The normalized spacial score (nSPS) is 10.8. The minimum atomic E-state index is -0.536. The molecule has 2 aromatic carbocycles. The smallest absolute Gasteiger partial charge is 0.354 e. The average molecular weight is 349 g/mol. The second-order valence-corrected chi connectivity index (χ2v) is 6.12. The molecule has 0 aliphatic heterocycles. The summed E-state index contributed by atoms with van der Waals surface area (Å²) in [5, 5.41) is 10.8. The van der Waals surface area contributed by atoms with Crippen molar-refractivity contribution < 1.29 is 9.52 Å². The summed E-state index contributed by atoms with van der Waals surface area (Å²) in [5.74, 6) is -0.0400. The minimum absolute atomic E-state index is 0.0400. The molecule has 0 spiro atoms. The summed E-state index contributed by atoms with van der Waals surface area (Å²) < 4.78 is 6.14. The summed E-state index contributed by atoms with van der Waals surface area (Å²) in [4.78, 5) is 13.0. The summed E-state index contributed by atoms with van der Waals surface area (Å²) in [6, 6.07) is 14.4. The van der Waals surface area contributed by atoms with Crippen LogP contribution in [0.2, 0.25) is 0 Å². The van der Waals surface area contributed by atoms with Crippen molar-refractivity contribution in [1.29, 1.82) is 0 Å². The zero-order chi connectivity index (χ0) is 14.1. The molecular formula is C15H9BrO3S. The second kappa shape index (κ2) is 5.34. The van der Waals surface area contributed by atoms with E-state index in [9.17, 15) is 9.90 Å². The first-order valence-corrected chi connectivity index (χ1v) is 7.44. The summed E-state index contributed by atoms with van der Waals surface area (Å²) in [5.41, 5.74) is -0.153. The van der Waals surface area contributed by atoms with Gasteiger partial charge in [0.05, 0.1) is 5.39 Å². The van der Waals surface area contributed by atoms with Crippen molar-refractivity contribution >= 4 is 38.7 Å². The van der Waals surface area contributed by atoms with Crippen LogP contribution < -0.4 is 5.63 Å². The zero-order valence-electron chi connectivity index (χ0n) is 10.2. The third kappa shape index (κ3) is 2.46. The fourth-order valence-corrected chi connectivity index (χ4v) is 3.31. The highest BCUT2D eigenvalue weighted by Crippen LogP contribution is 2.36. The summed E-state index contributed by atoms with van der Waals surface area (Å²) in [7, 11) is 0. The molecule has 3 nitrogen and oxygen atoms in total. The molecule has 0 aliphatic rings. The van der Waals surface area contributed by atoms with Gasteiger partial charge in [0.2, 0.25) is 0 Å². The SMILES string of the molecule is O=c1oc2ccccc2c(O)c1Sc1cccc(Br)c1. The van der Waals surface area contributed by atoms with Gasteiger partial charge in [0, 0.05) is 9.37 Å². The van der Waals surface area contributed by atoms with Crippen LogP contribution in [0.5, 0.6) is 5.75 Å². The lowest BCUT2D eigenvalue weighted by atomic mass is 10.2. The van der Waals surface area contributed by atoms with Gasteiger partial charge in [-0.1, -0.05) is 45.9 Å². The van der Waals surface area contributed by atoms with Gasteiger partial charge in [-0.05, 0) is 30.3 Å². The van der Waals surface area contributed by atoms with Gasteiger partial charge >= 0.3 is 5.63 Å². The Labute approximate surface area is 127 Å². The largest absolute Gasteiger partial charge is 0.506 e. The van der Waals surface area contributed by atoms with Gasteiger partial charge in [-0.15, -0.1) is 0 Å². The van der Waals surface area contributed by atoms with Crippen molar-refractivity contribution in [2.75, 3.05) is 0 Å². The molecule has 3 rings (SSSR count). The van der Waals surface area contributed by atoms with Gasteiger partial charge in [-0.3, -0.25) is 0 Å². The van der Waals surface area contributed by atoms with Crippen LogP contribution in [0.25, 0.3) is 11.0 Å².